The van der Waals surface area contributed by atoms with Crippen LogP contribution in [0.15, 0.2) is 47.8 Å². The molecule has 4 rings (SSSR count). The van der Waals surface area contributed by atoms with Gasteiger partial charge in [-0.05, 0) is 16.8 Å². The van der Waals surface area contributed by atoms with Crippen molar-refractivity contribution < 1.29 is 5.11 Å². The first-order valence-corrected chi connectivity index (χ1v) is 6.24. The van der Waals surface area contributed by atoms with Gasteiger partial charge in [-0.3, -0.25) is 0 Å². The van der Waals surface area contributed by atoms with Crippen molar-refractivity contribution >= 4 is 22.9 Å². The molecule has 0 saturated heterocycles. The lowest BCUT2D eigenvalue weighted by atomic mass is 9.98. The summed E-state index contributed by atoms with van der Waals surface area (Å²) in [6, 6.07) is 11.3. The number of fused-ring (bicyclic) bond motifs is 2. The molecular formula is C14H11N5O. The molecule has 0 radical (unpaired) electrons. The molecule has 2 aromatic carbocycles. The van der Waals surface area contributed by atoms with Crippen molar-refractivity contribution in [2.24, 2.45) is 5.10 Å². The fraction of sp³-hybridized carbons (Fsp3) is 0.0714. The van der Waals surface area contributed by atoms with E-state index in [9.17, 15) is 5.11 Å². The molecule has 0 aliphatic carbocycles. The molecule has 0 amide bonds. The predicted molar refractivity (Wildman–Crippen MR) is 75.9 cm³/mol. The molecule has 1 aromatic heterocycles. The summed E-state index contributed by atoms with van der Waals surface area (Å²) in [6.07, 6.45) is 3.26. The fourth-order valence-electron chi connectivity index (χ4n) is 2.48. The molecule has 2 heterocycles. The monoisotopic (exact) mass is 265 g/mol. The summed E-state index contributed by atoms with van der Waals surface area (Å²) in [4.78, 5) is 0. The fourth-order valence-corrected chi connectivity index (χ4v) is 2.48. The van der Waals surface area contributed by atoms with Crippen LogP contribution in [0.2, 0.25) is 0 Å². The van der Waals surface area contributed by atoms with Crippen LogP contribution >= 0.6 is 0 Å². The number of benzene rings is 2. The second-order valence-electron chi connectivity index (χ2n) is 4.61. The van der Waals surface area contributed by atoms with E-state index in [1.165, 1.54) is 6.33 Å². The minimum atomic E-state index is -0.238. The van der Waals surface area contributed by atoms with Crippen LogP contribution in [-0.4, -0.2) is 26.2 Å². The number of hydrogen-bond acceptors (Lipinski definition) is 5. The average molecular weight is 265 g/mol. The second kappa shape index (κ2) is 4.06. The molecule has 0 fully saturated rings. The maximum atomic E-state index is 10.2. The molecule has 3 aromatic rings. The van der Waals surface area contributed by atoms with Gasteiger partial charge >= 0.3 is 0 Å². The number of phenolic OH excluding ortho intramolecular Hbond substituents is 1. The zero-order chi connectivity index (χ0) is 13.5. The summed E-state index contributed by atoms with van der Waals surface area (Å²) in [6.45, 7) is 0. The first kappa shape index (κ1) is 11.0. The van der Waals surface area contributed by atoms with Gasteiger partial charge in [0.1, 0.15) is 12.1 Å². The van der Waals surface area contributed by atoms with Gasteiger partial charge in [-0.25, -0.2) is 0 Å². The van der Waals surface area contributed by atoms with Crippen molar-refractivity contribution in [3.63, 3.8) is 0 Å². The summed E-state index contributed by atoms with van der Waals surface area (Å²) in [7, 11) is 0. The van der Waals surface area contributed by atoms with Gasteiger partial charge in [0.15, 0.2) is 0 Å². The third-order valence-corrected chi connectivity index (χ3v) is 3.41. The first-order valence-electron chi connectivity index (χ1n) is 6.24. The number of rotatable bonds is 1. The first-order chi connectivity index (χ1) is 9.83. The SMILES string of the molecule is Oc1ccc2ccccc2c1C1C=Nn2cnnc2N1. The van der Waals surface area contributed by atoms with E-state index in [1.807, 2.05) is 30.3 Å². The summed E-state index contributed by atoms with van der Waals surface area (Å²) in [5, 5.41) is 27.5. The van der Waals surface area contributed by atoms with E-state index in [0.717, 1.165) is 16.3 Å². The van der Waals surface area contributed by atoms with E-state index >= 15 is 0 Å². The maximum absolute atomic E-state index is 10.2. The van der Waals surface area contributed by atoms with Gasteiger partial charge in [0.25, 0.3) is 0 Å². The van der Waals surface area contributed by atoms with Crippen molar-refractivity contribution in [2.75, 3.05) is 5.32 Å². The Bertz CT molecular complexity index is 823. The summed E-state index contributed by atoms with van der Waals surface area (Å²) in [5.74, 6) is 0.797. The quantitative estimate of drug-likeness (QED) is 0.706. The molecular weight excluding hydrogens is 254 g/mol. The molecule has 98 valence electrons. The Morgan fingerprint density at radius 1 is 1.15 bits per heavy atom. The minimum absolute atomic E-state index is 0.237. The number of aromatic hydroxyl groups is 1. The smallest absolute Gasteiger partial charge is 0.246 e. The molecule has 1 unspecified atom stereocenters. The van der Waals surface area contributed by atoms with Gasteiger partial charge in [-0.2, -0.15) is 9.78 Å². The highest BCUT2D eigenvalue weighted by atomic mass is 16.3. The maximum Gasteiger partial charge on any atom is 0.246 e. The molecule has 1 aliphatic rings. The Balaban J connectivity index is 1.89. The lowest BCUT2D eigenvalue weighted by Gasteiger charge is -2.21. The number of anilines is 1. The summed E-state index contributed by atoms with van der Waals surface area (Å²) < 4.78 is 1.55. The van der Waals surface area contributed by atoms with Crippen LogP contribution in [0.1, 0.15) is 11.6 Å². The summed E-state index contributed by atoms with van der Waals surface area (Å²) >= 11 is 0. The highest BCUT2D eigenvalue weighted by molar-refractivity contribution is 5.92. The molecule has 0 bridgehead atoms. The van der Waals surface area contributed by atoms with Crippen molar-refractivity contribution in [2.45, 2.75) is 6.04 Å². The zero-order valence-electron chi connectivity index (χ0n) is 10.4. The predicted octanol–water partition coefficient (Wildman–Crippen LogP) is 2.14. The van der Waals surface area contributed by atoms with Crippen LogP contribution in [0.4, 0.5) is 5.95 Å². The Morgan fingerprint density at radius 2 is 2.05 bits per heavy atom. The van der Waals surface area contributed by atoms with E-state index in [0.29, 0.717) is 5.95 Å². The van der Waals surface area contributed by atoms with Gasteiger partial charge in [0, 0.05) is 5.56 Å². The second-order valence-corrected chi connectivity index (χ2v) is 4.61. The van der Waals surface area contributed by atoms with Crippen molar-refractivity contribution in [1.29, 1.82) is 0 Å². The average Bonchev–Trinajstić information content (AvgIpc) is 2.94. The van der Waals surface area contributed by atoms with E-state index < -0.39 is 0 Å². The highest BCUT2D eigenvalue weighted by Gasteiger charge is 2.21. The number of aromatic nitrogens is 3. The third kappa shape index (κ3) is 1.55. The van der Waals surface area contributed by atoms with Gasteiger partial charge < -0.3 is 10.4 Å². The van der Waals surface area contributed by atoms with E-state index in [2.05, 4.69) is 20.6 Å². The van der Waals surface area contributed by atoms with Gasteiger partial charge in [-0.1, -0.05) is 30.3 Å². The number of hydrogen-bond donors (Lipinski definition) is 2. The molecule has 0 spiro atoms. The number of nitrogens with one attached hydrogen (secondary N) is 1. The Hall–Kier alpha value is -2.89. The lowest BCUT2D eigenvalue weighted by molar-refractivity contribution is 0.469. The third-order valence-electron chi connectivity index (χ3n) is 3.41. The molecule has 2 N–H and O–H groups in total. The van der Waals surface area contributed by atoms with Crippen LogP contribution in [0, 0.1) is 0 Å². The lowest BCUT2D eigenvalue weighted by Crippen LogP contribution is -2.19. The molecule has 6 heteroatoms. The van der Waals surface area contributed by atoms with Gasteiger partial charge in [0.05, 0.1) is 12.3 Å². The van der Waals surface area contributed by atoms with E-state index in [1.54, 1.807) is 17.0 Å². The molecule has 6 nitrogen and oxygen atoms in total. The van der Waals surface area contributed by atoms with Gasteiger partial charge in [-0.15, -0.1) is 10.2 Å². The number of phenols is 1. The molecule has 20 heavy (non-hydrogen) atoms. The largest absolute Gasteiger partial charge is 0.508 e. The topological polar surface area (TPSA) is 75.3 Å². The van der Waals surface area contributed by atoms with E-state index in [4.69, 9.17) is 0 Å². The minimum Gasteiger partial charge on any atom is -0.508 e. The van der Waals surface area contributed by atoms with Crippen molar-refractivity contribution in [3.8, 4) is 5.75 Å². The zero-order valence-corrected chi connectivity index (χ0v) is 10.4. The van der Waals surface area contributed by atoms with Crippen molar-refractivity contribution in [1.82, 2.24) is 14.9 Å². The summed E-state index contributed by atoms with van der Waals surface area (Å²) in [5.41, 5.74) is 0.793. The van der Waals surface area contributed by atoms with Crippen LogP contribution in [0.5, 0.6) is 5.75 Å². The van der Waals surface area contributed by atoms with Gasteiger partial charge in [0.2, 0.25) is 5.95 Å². The Labute approximate surface area is 114 Å². The Morgan fingerprint density at radius 3 is 3.00 bits per heavy atom. The van der Waals surface area contributed by atoms with Crippen LogP contribution in [0.3, 0.4) is 0 Å². The normalized spacial score (nSPS) is 16.9. The van der Waals surface area contributed by atoms with E-state index in [-0.39, 0.29) is 11.8 Å². The standard InChI is InChI=1S/C14H11N5O/c20-12-6-5-9-3-1-2-4-10(9)13(12)11-7-16-19-8-15-18-14(19)17-11/h1-8,11,20H,(H,17,18). The number of nitrogens with zero attached hydrogens (tertiary/aromatic N) is 4. The molecule has 1 aliphatic heterocycles. The van der Waals surface area contributed by atoms with Crippen LogP contribution in [0.25, 0.3) is 10.8 Å². The van der Waals surface area contributed by atoms with Crippen LogP contribution < -0.4 is 5.32 Å². The molecule has 1 atom stereocenters. The van der Waals surface area contributed by atoms with Crippen LogP contribution in [-0.2, 0) is 0 Å². The Kier molecular flexibility index (Phi) is 2.23. The highest BCUT2D eigenvalue weighted by Crippen LogP contribution is 2.34. The van der Waals surface area contributed by atoms with Crippen molar-refractivity contribution in [3.05, 3.63) is 48.3 Å². The molecule has 0 saturated carbocycles.